The number of nitrogens with zero attached hydrogens (tertiary/aromatic N) is 2. The van der Waals surface area contributed by atoms with E-state index in [1.807, 2.05) is 0 Å². The predicted molar refractivity (Wildman–Crippen MR) is 71.3 cm³/mol. The van der Waals surface area contributed by atoms with E-state index in [4.69, 9.17) is 5.84 Å². The van der Waals surface area contributed by atoms with Crippen LogP contribution >= 0.6 is 0 Å². The molecule has 0 saturated heterocycles. The number of nitrogen functional groups attached to an aromatic ring is 1. The molecule has 0 aliphatic heterocycles. The van der Waals surface area contributed by atoms with Crippen molar-refractivity contribution in [2.24, 2.45) is 11.8 Å². The summed E-state index contributed by atoms with van der Waals surface area (Å²) in [6, 6.07) is 1.30. The van der Waals surface area contributed by atoms with E-state index in [1.165, 1.54) is 6.07 Å². The second kappa shape index (κ2) is 6.44. The summed E-state index contributed by atoms with van der Waals surface area (Å²) in [6.07, 6.45) is -1.52. The van der Waals surface area contributed by atoms with Crippen LogP contribution in [0, 0.1) is 5.92 Å². The Bertz CT molecular complexity index is 482. The summed E-state index contributed by atoms with van der Waals surface area (Å²) >= 11 is 0. The maximum absolute atomic E-state index is 12.7. The molecule has 9 heteroatoms. The quantitative estimate of drug-likeness (QED) is 0.500. The molecular formula is C12H18F3N5O. The van der Waals surface area contributed by atoms with Gasteiger partial charge in [-0.05, 0) is 12.8 Å². The van der Waals surface area contributed by atoms with E-state index in [9.17, 15) is 18.3 Å². The van der Waals surface area contributed by atoms with Crippen LogP contribution in [0.3, 0.4) is 0 Å². The van der Waals surface area contributed by atoms with E-state index < -0.39 is 18.1 Å². The van der Waals surface area contributed by atoms with Gasteiger partial charge in [0.1, 0.15) is 11.6 Å². The van der Waals surface area contributed by atoms with E-state index in [0.29, 0.717) is 6.54 Å². The molecule has 0 spiro atoms. The highest BCUT2D eigenvalue weighted by atomic mass is 19.4. The first kappa shape index (κ1) is 15.8. The normalized spacial score (nSPS) is 22.9. The van der Waals surface area contributed by atoms with Gasteiger partial charge in [-0.1, -0.05) is 12.8 Å². The number of hydrazine groups is 1. The summed E-state index contributed by atoms with van der Waals surface area (Å²) in [6.45, 7) is 0.361. The minimum Gasteiger partial charge on any atom is -0.393 e. The number of nitrogens with one attached hydrogen (secondary N) is 2. The fourth-order valence-corrected chi connectivity index (χ4v) is 2.40. The standard InChI is InChI=1S/C12H18F3N5O/c13-12(14,15)11-18-9(5-10(19-11)20-16)17-6-7-3-1-2-4-8(7)21/h5,7-8,21H,1-4,6,16H2,(H2,17,18,19,20). The molecule has 1 aromatic rings. The summed E-state index contributed by atoms with van der Waals surface area (Å²) in [4.78, 5) is 6.71. The predicted octanol–water partition coefficient (Wildman–Crippen LogP) is 1.74. The van der Waals surface area contributed by atoms with Gasteiger partial charge in [-0.3, -0.25) is 0 Å². The van der Waals surface area contributed by atoms with E-state index in [2.05, 4.69) is 20.7 Å². The number of hydrogen-bond acceptors (Lipinski definition) is 6. The molecule has 1 fully saturated rings. The zero-order chi connectivity index (χ0) is 15.5. The van der Waals surface area contributed by atoms with Crippen molar-refractivity contribution in [3.05, 3.63) is 11.9 Å². The lowest BCUT2D eigenvalue weighted by molar-refractivity contribution is -0.144. The van der Waals surface area contributed by atoms with Crippen LogP contribution < -0.4 is 16.6 Å². The third-order valence-corrected chi connectivity index (χ3v) is 3.54. The first-order chi connectivity index (χ1) is 9.90. The summed E-state index contributed by atoms with van der Waals surface area (Å²) in [5.41, 5.74) is 2.09. The largest absolute Gasteiger partial charge is 0.451 e. The fourth-order valence-electron chi connectivity index (χ4n) is 2.40. The van der Waals surface area contributed by atoms with Crippen LogP contribution in [0.5, 0.6) is 0 Å². The molecule has 2 rings (SSSR count). The third kappa shape index (κ3) is 4.18. The van der Waals surface area contributed by atoms with Crippen LogP contribution in [0.4, 0.5) is 24.8 Å². The zero-order valence-corrected chi connectivity index (χ0v) is 11.3. The number of nitrogens with two attached hydrogens (primary N) is 1. The van der Waals surface area contributed by atoms with Crippen LogP contribution in [-0.2, 0) is 6.18 Å². The summed E-state index contributed by atoms with van der Waals surface area (Å²) < 4.78 is 38.0. The van der Waals surface area contributed by atoms with Gasteiger partial charge in [-0.25, -0.2) is 15.8 Å². The Kier molecular flexibility index (Phi) is 4.84. The van der Waals surface area contributed by atoms with Crippen molar-refractivity contribution in [1.29, 1.82) is 0 Å². The Morgan fingerprint density at radius 2 is 1.90 bits per heavy atom. The maximum atomic E-state index is 12.7. The molecule has 2 atom stereocenters. The third-order valence-electron chi connectivity index (χ3n) is 3.54. The highest BCUT2D eigenvalue weighted by Gasteiger charge is 2.35. The van der Waals surface area contributed by atoms with E-state index >= 15 is 0 Å². The number of aliphatic hydroxyl groups is 1. The molecule has 1 heterocycles. The van der Waals surface area contributed by atoms with Gasteiger partial charge in [0, 0.05) is 18.5 Å². The van der Waals surface area contributed by atoms with Gasteiger partial charge in [0.15, 0.2) is 0 Å². The van der Waals surface area contributed by atoms with Crippen molar-refractivity contribution in [2.75, 3.05) is 17.3 Å². The van der Waals surface area contributed by atoms with Gasteiger partial charge in [0.2, 0.25) is 5.82 Å². The van der Waals surface area contributed by atoms with Crippen molar-refractivity contribution in [2.45, 2.75) is 38.0 Å². The van der Waals surface area contributed by atoms with Gasteiger partial charge < -0.3 is 15.8 Å². The molecule has 1 aliphatic carbocycles. The average Bonchev–Trinajstić information content (AvgIpc) is 2.45. The molecule has 0 radical (unpaired) electrons. The Labute approximate surface area is 119 Å². The van der Waals surface area contributed by atoms with E-state index in [-0.39, 0.29) is 17.6 Å². The lowest BCUT2D eigenvalue weighted by Gasteiger charge is -2.27. The topological polar surface area (TPSA) is 96.1 Å². The fraction of sp³-hybridized carbons (Fsp3) is 0.667. The molecule has 1 saturated carbocycles. The number of halogens is 3. The van der Waals surface area contributed by atoms with Crippen molar-refractivity contribution < 1.29 is 18.3 Å². The number of aliphatic hydroxyl groups excluding tert-OH is 1. The average molecular weight is 305 g/mol. The second-order valence-electron chi connectivity index (χ2n) is 5.10. The molecule has 6 nitrogen and oxygen atoms in total. The van der Waals surface area contributed by atoms with Crippen LogP contribution in [0.15, 0.2) is 6.07 Å². The first-order valence-corrected chi connectivity index (χ1v) is 6.75. The Balaban J connectivity index is 2.08. The van der Waals surface area contributed by atoms with Crippen molar-refractivity contribution in [1.82, 2.24) is 9.97 Å². The van der Waals surface area contributed by atoms with Gasteiger partial charge in [-0.15, -0.1) is 0 Å². The molecule has 21 heavy (non-hydrogen) atoms. The maximum Gasteiger partial charge on any atom is 0.451 e. The number of rotatable bonds is 4. The molecule has 1 aromatic heterocycles. The number of alkyl halides is 3. The van der Waals surface area contributed by atoms with Crippen molar-refractivity contribution >= 4 is 11.6 Å². The van der Waals surface area contributed by atoms with Gasteiger partial charge >= 0.3 is 6.18 Å². The van der Waals surface area contributed by atoms with E-state index in [1.54, 1.807) is 0 Å². The number of anilines is 2. The Morgan fingerprint density at radius 3 is 2.52 bits per heavy atom. The lowest BCUT2D eigenvalue weighted by atomic mass is 9.86. The van der Waals surface area contributed by atoms with Crippen LogP contribution in [0.2, 0.25) is 0 Å². The van der Waals surface area contributed by atoms with Gasteiger partial charge in [0.05, 0.1) is 6.10 Å². The summed E-state index contributed by atoms with van der Waals surface area (Å²) in [5.74, 6) is 3.78. The number of aromatic nitrogens is 2. The molecular weight excluding hydrogens is 287 g/mol. The van der Waals surface area contributed by atoms with Crippen LogP contribution in [0.25, 0.3) is 0 Å². The molecule has 0 amide bonds. The SMILES string of the molecule is NNc1cc(NCC2CCCCC2O)nc(C(F)(F)F)n1. The van der Waals surface area contributed by atoms with Crippen molar-refractivity contribution in [3.63, 3.8) is 0 Å². The highest BCUT2D eigenvalue weighted by molar-refractivity contribution is 5.47. The summed E-state index contributed by atoms with van der Waals surface area (Å²) in [5, 5.41) is 12.7. The smallest absolute Gasteiger partial charge is 0.393 e. The molecule has 5 N–H and O–H groups in total. The first-order valence-electron chi connectivity index (χ1n) is 6.75. The van der Waals surface area contributed by atoms with Gasteiger partial charge in [-0.2, -0.15) is 13.2 Å². The van der Waals surface area contributed by atoms with Gasteiger partial charge in [0.25, 0.3) is 0 Å². The monoisotopic (exact) mass is 305 g/mol. The van der Waals surface area contributed by atoms with Crippen LogP contribution in [-0.4, -0.2) is 27.7 Å². The zero-order valence-electron chi connectivity index (χ0n) is 11.3. The van der Waals surface area contributed by atoms with E-state index in [0.717, 1.165) is 25.7 Å². The molecule has 2 unspecified atom stereocenters. The molecule has 118 valence electrons. The minimum atomic E-state index is -4.65. The Hall–Kier alpha value is -1.61. The van der Waals surface area contributed by atoms with Crippen LogP contribution in [0.1, 0.15) is 31.5 Å². The second-order valence-corrected chi connectivity index (χ2v) is 5.10. The minimum absolute atomic E-state index is 0.0114. The van der Waals surface area contributed by atoms with Crippen molar-refractivity contribution in [3.8, 4) is 0 Å². The molecule has 1 aliphatic rings. The summed E-state index contributed by atoms with van der Waals surface area (Å²) in [7, 11) is 0. The number of hydrogen-bond donors (Lipinski definition) is 4. The molecule has 0 aromatic carbocycles. The Morgan fingerprint density at radius 1 is 1.24 bits per heavy atom. The highest BCUT2D eigenvalue weighted by Crippen LogP contribution is 2.29. The molecule has 0 bridgehead atoms. The lowest BCUT2D eigenvalue weighted by Crippen LogP contribution is -2.30.